The van der Waals surface area contributed by atoms with E-state index in [1.54, 1.807) is 38.5 Å². The van der Waals surface area contributed by atoms with Crippen molar-refractivity contribution in [2.75, 3.05) is 19.1 Å². The van der Waals surface area contributed by atoms with Gasteiger partial charge in [-0.15, -0.1) is 0 Å². The Morgan fingerprint density at radius 3 is 2.48 bits per heavy atom. The summed E-state index contributed by atoms with van der Waals surface area (Å²) in [6, 6.07) is 11.8. The van der Waals surface area contributed by atoms with Crippen molar-refractivity contribution < 1.29 is 19.4 Å². The Morgan fingerprint density at radius 2 is 1.84 bits per heavy atom. The van der Waals surface area contributed by atoms with Gasteiger partial charge in [-0.2, -0.15) is 0 Å². The van der Waals surface area contributed by atoms with Crippen LogP contribution in [0.5, 0.6) is 17.2 Å². The first-order valence-electron chi connectivity index (χ1n) is 7.33. The number of hydrogen-bond acceptors (Lipinski definition) is 6. The number of nitrogens with zero attached hydrogens (tertiary/aromatic N) is 1. The molecule has 0 unspecified atom stereocenters. The van der Waals surface area contributed by atoms with Gasteiger partial charge in [0.15, 0.2) is 15.8 Å². The molecular formula is C18H15NO4S2. The van der Waals surface area contributed by atoms with Crippen molar-refractivity contribution >= 4 is 46.0 Å². The van der Waals surface area contributed by atoms with Crippen molar-refractivity contribution in [1.82, 2.24) is 0 Å². The number of carbonyl (C=O) groups is 1. The smallest absolute Gasteiger partial charge is 0.270 e. The predicted molar refractivity (Wildman–Crippen MR) is 103 cm³/mol. The van der Waals surface area contributed by atoms with E-state index in [0.717, 1.165) is 5.56 Å². The first kappa shape index (κ1) is 17.3. The molecule has 1 fully saturated rings. The van der Waals surface area contributed by atoms with E-state index in [2.05, 4.69) is 0 Å². The van der Waals surface area contributed by atoms with E-state index in [4.69, 9.17) is 21.7 Å². The quantitative estimate of drug-likeness (QED) is 0.650. The number of aromatic hydroxyl groups is 1. The normalized spacial score (nSPS) is 15.8. The summed E-state index contributed by atoms with van der Waals surface area (Å²) in [6.45, 7) is 0. The average molecular weight is 373 g/mol. The number of thioether (sulfide) groups is 1. The summed E-state index contributed by atoms with van der Waals surface area (Å²) >= 11 is 6.56. The van der Waals surface area contributed by atoms with Crippen LogP contribution in [-0.2, 0) is 4.79 Å². The van der Waals surface area contributed by atoms with Crippen molar-refractivity contribution in [3.8, 4) is 17.2 Å². The van der Waals surface area contributed by atoms with Gasteiger partial charge in [-0.1, -0.05) is 36.1 Å². The van der Waals surface area contributed by atoms with Crippen LogP contribution in [0, 0.1) is 0 Å². The fourth-order valence-electron chi connectivity index (χ4n) is 2.46. The van der Waals surface area contributed by atoms with Crippen LogP contribution in [0.1, 0.15) is 5.56 Å². The van der Waals surface area contributed by atoms with Crippen molar-refractivity contribution in [2.45, 2.75) is 0 Å². The van der Waals surface area contributed by atoms with Gasteiger partial charge >= 0.3 is 0 Å². The lowest BCUT2D eigenvalue weighted by Gasteiger charge is -2.14. The second kappa shape index (κ2) is 7.16. The maximum absolute atomic E-state index is 12.8. The van der Waals surface area contributed by atoms with Crippen molar-refractivity contribution in [2.24, 2.45) is 0 Å². The van der Waals surface area contributed by atoms with E-state index >= 15 is 0 Å². The Labute approximate surface area is 154 Å². The lowest BCUT2D eigenvalue weighted by atomic mass is 10.1. The van der Waals surface area contributed by atoms with Gasteiger partial charge in [-0.05, 0) is 36.4 Å². The Balaban J connectivity index is 1.97. The highest BCUT2D eigenvalue weighted by Crippen LogP contribution is 2.39. The largest absolute Gasteiger partial charge is 0.508 e. The van der Waals surface area contributed by atoms with Crippen molar-refractivity contribution in [3.63, 3.8) is 0 Å². The second-order valence-corrected chi connectivity index (χ2v) is 6.79. The molecule has 1 N–H and O–H groups in total. The van der Waals surface area contributed by atoms with Gasteiger partial charge < -0.3 is 14.6 Å². The second-order valence-electron chi connectivity index (χ2n) is 5.12. The summed E-state index contributed by atoms with van der Waals surface area (Å²) in [5, 5.41) is 9.41. The molecule has 0 aromatic heterocycles. The highest BCUT2D eigenvalue weighted by Gasteiger charge is 2.33. The molecule has 0 bridgehead atoms. The van der Waals surface area contributed by atoms with Crippen molar-refractivity contribution in [1.29, 1.82) is 0 Å². The van der Waals surface area contributed by atoms with Crippen LogP contribution in [0.15, 0.2) is 47.4 Å². The molecule has 0 atom stereocenters. The van der Waals surface area contributed by atoms with Crippen LogP contribution in [0.4, 0.5) is 5.69 Å². The fraction of sp³-hybridized carbons (Fsp3) is 0.111. The standard InChI is InChI=1S/C18H15NO4S2/c1-22-14-5-3-4-11(16(14)23-2)10-15-17(21)19(18(24)25-15)12-6-8-13(20)9-7-12/h3-10,20H,1-2H3. The number of para-hydroxylation sites is 1. The number of thiocarbonyl (C=S) groups is 1. The van der Waals surface area contributed by atoms with Crippen LogP contribution < -0.4 is 14.4 Å². The molecule has 1 amide bonds. The minimum atomic E-state index is -0.217. The summed E-state index contributed by atoms with van der Waals surface area (Å²) in [5.74, 6) is 1.06. The summed E-state index contributed by atoms with van der Waals surface area (Å²) in [5.41, 5.74) is 1.34. The molecule has 0 radical (unpaired) electrons. The number of anilines is 1. The molecular weight excluding hydrogens is 358 g/mol. The summed E-state index contributed by atoms with van der Waals surface area (Å²) < 4.78 is 11.1. The zero-order valence-electron chi connectivity index (χ0n) is 13.6. The Hall–Kier alpha value is -2.51. The summed E-state index contributed by atoms with van der Waals surface area (Å²) in [4.78, 5) is 14.7. The minimum Gasteiger partial charge on any atom is -0.508 e. The Morgan fingerprint density at radius 1 is 1.12 bits per heavy atom. The van der Waals surface area contributed by atoms with Crippen LogP contribution in [0.3, 0.4) is 0 Å². The number of phenolic OH excluding ortho intramolecular Hbond substituents is 1. The number of benzene rings is 2. The molecule has 0 aliphatic carbocycles. The highest BCUT2D eigenvalue weighted by atomic mass is 32.2. The molecule has 1 aliphatic rings. The third kappa shape index (κ3) is 3.33. The average Bonchev–Trinajstić information content (AvgIpc) is 2.89. The van der Waals surface area contributed by atoms with Crippen molar-refractivity contribution in [3.05, 3.63) is 52.9 Å². The maximum atomic E-state index is 12.8. The molecule has 0 spiro atoms. The Bertz CT molecular complexity index is 862. The first-order chi connectivity index (χ1) is 12.0. The predicted octanol–water partition coefficient (Wildman–Crippen LogP) is 3.82. The fourth-order valence-corrected chi connectivity index (χ4v) is 3.75. The number of phenols is 1. The number of amides is 1. The van der Waals surface area contributed by atoms with Gasteiger partial charge in [0.2, 0.25) is 0 Å². The van der Waals surface area contributed by atoms with Crippen LogP contribution in [-0.4, -0.2) is 29.6 Å². The molecule has 1 saturated heterocycles. The van der Waals surface area contributed by atoms with Gasteiger partial charge in [0.05, 0.1) is 24.8 Å². The number of carbonyl (C=O) groups excluding carboxylic acids is 1. The molecule has 3 rings (SSSR count). The lowest BCUT2D eigenvalue weighted by Crippen LogP contribution is -2.27. The molecule has 5 nitrogen and oxygen atoms in total. The number of hydrogen-bond donors (Lipinski definition) is 1. The van der Waals surface area contributed by atoms with Gasteiger partial charge in [-0.3, -0.25) is 9.69 Å². The summed E-state index contributed by atoms with van der Waals surface area (Å²) in [7, 11) is 3.11. The van der Waals surface area contributed by atoms with E-state index in [0.29, 0.717) is 26.4 Å². The zero-order chi connectivity index (χ0) is 18.0. The number of rotatable bonds is 4. The van der Waals surface area contributed by atoms with Gasteiger partial charge in [0.1, 0.15) is 5.75 Å². The minimum absolute atomic E-state index is 0.130. The zero-order valence-corrected chi connectivity index (χ0v) is 15.2. The SMILES string of the molecule is COc1cccc(C=C2SC(=S)N(c3ccc(O)cc3)C2=O)c1OC. The van der Waals surface area contributed by atoms with E-state index in [9.17, 15) is 9.90 Å². The number of methoxy groups -OCH3 is 2. The summed E-state index contributed by atoms with van der Waals surface area (Å²) in [6.07, 6.45) is 1.74. The van der Waals surface area contributed by atoms with E-state index < -0.39 is 0 Å². The maximum Gasteiger partial charge on any atom is 0.270 e. The molecule has 7 heteroatoms. The lowest BCUT2D eigenvalue weighted by molar-refractivity contribution is -0.113. The topological polar surface area (TPSA) is 59.0 Å². The monoisotopic (exact) mass is 373 g/mol. The third-order valence-electron chi connectivity index (χ3n) is 3.62. The Kier molecular flexibility index (Phi) is 4.96. The first-order valence-corrected chi connectivity index (χ1v) is 8.55. The van der Waals surface area contributed by atoms with Crippen LogP contribution in [0.25, 0.3) is 6.08 Å². The molecule has 1 aliphatic heterocycles. The van der Waals surface area contributed by atoms with E-state index in [-0.39, 0.29) is 11.7 Å². The van der Waals surface area contributed by atoms with Crippen LogP contribution in [0.2, 0.25) is 0 Å². The molecule has 128 valence electrons. The molecule has 1 heterocycles. The van der Waals surface area contributed by atoms with Gasteiger partial charge in [0, 0.05) is 5.56 Å². The van der Waals surface area contributed by atoms with E-state index in [1.165, 1.54) is 28.8 Å². The molecule has 25 heavy (non-hydrogen) atoms. The molecule has 2 aromatic rings. The number of ether oxygens (including phenoxy) is 2. The van der Waals surface area contributed by atoms with Gasteiger partial charge in [-0.25, -0.2) is 0 Å². The van der Waals surface area contributed by atoms with Crippen LogP contribution >= 0.6 is 24.0 Å². The molecule has 2 aromatic carbocycles. The highest BCUT2D eigenvalue weighted by molar-refractivity contribution is 8.27. The molecule has 0 saturated carbocycles. The van der Waals surface area contributed by atoms with Gasteiger partial charge in [0.25, 0.3) is 5.91 Å². The third-order valence-corrected chi connectivity index (χ3v) is 4.92. The van der Waals surface area contributed by atoms with E-state index in [1.807, 2.05) is 12.1 Å².